The second-order valence-electron chi connectivity index (χ2n) is 13.5. The summed E-state index contributed by atoms with van der Waals surface area (Å²) in [4.78, 5) is 62.6. The fraction of sp³-hybridized carbons (Fsp3) is 0.795. The summed E-state index contributed by atoms with van der Waals surface area (Å²) < 4.78 is 55.1. The van der Waals surface area contributed by atoms with E-state index in [9.17, 15) is 53.8 Å². The van der Waals surface area contributed by atoms with Gasteiger partial charge in [0, 0.05) is 127 Å². The Morgan fingerprint density at radius 1 is 0.740 bits per heavy atom. The van der Waals surface area contributed by atoms with Crippen molar-refractivity contribution >= 4 is 165 Å². The number of hydrogen-bond acceptors (Lipinski definition) is 26. The number of thiol groups is 1. The van der Waals surface area contributed by atoms with Crippen LogP contribution in [0.2, 0.25) is 0 Å². The van der Waals surface area contributed by atoms with Gasteiger partial charge in [-0.05, 0) is 33.5 Å². The van der Waals surface area contributed by atoms with E-state index in [1.165, 1.54) is 67.2 Å². The molecule has 6 radical (unpaired) electrons. The van der Waals surface area contributed by atoms with Crippen LogP contribution in [0.5, 0.6) is 0 Å². The molecule has 21 nitrogen and oxygen atoms in total. The molecule has 0 amide bonds. The predicted octanol–water partition coefficient (Wildman–Crippen LogP) is 3.20. The third kappa shape index (κ3) is 51.7. The Morgan fingerprint density at radius 2 is 1.08 bits per heavy atom. The molecule has 0 aromatic carbocycles. The molecule has 2 aliphatic rings. The number of phosphoric acid groups is 1. The van der Waals surface area contributed by atoms with Gasteiger partial charge in [0.2, 0.25) is 8.38 Å². The van der Waals surface area contributed by atoms with Crippen LogP contribution < -0.4 is 0 Å². The molecular formula is C39H74B3IO21P2S6U. The topological polar surface area (TPSA) is 326 Å². The van der Waals surface area contributed by atoms with Crippen LogP contribution in [-0.2, 0) is 65.4 Å². The standard InChI is InChI=1S/C14H24BO9PS2.C9H15O4PS2.C6H11BO4.C4H8O2S.C2H5IO.C2H4OS.C2H6.BH.U/c1-9(16)26-6-4-21-25(20,22-5-7-27-10(2)17)23-8-11-12(18)14(3,19)13(15)24-11;1-7(10)15-6-5-12-14(4)13-9(3)16-8(2)11;1-6(10)4(9)3(2-8)11-5(6)7;1-4(6)7-3-2-5;3-1-2-4;1-2(3)4;1-2;;/h11-13,18-19H,4-8H2,1-3H3;3,5-6H2,1-2,4H3;3-5,8-10H,2H2,1H3;5H,2-3H2,1H3;4H,1-2H2;1H3,(H,3,4);1-2H3;1H;/t11-,12-,13-,14-;;3-,4-,5-,6-;;;;;;/m1.1....../s1/i;;;;;;;1D;. The molecule has 422 valence electrons. The van der Waals surface area contributed by atoms with Gasteiger partial charge in [0.15, 0.2) is 35.8 Å². The number of carbonyl (C=O) groups is 6. The summed E-state index contributed by atoms with van der Waals surface area (Å²) in [6, 6.07) is -2.07. The van der Waals surface area contributed by atoms with Crippen LogP contribution in [-0.4, -0.2) is 220 Å². The zero-order valence-corrected chi connectivity index (χ0v) is 56.1. The van der Waals surface area contributed by atoms with Crippen LogP contribution in [0.4, 0.5) is 0 Å². The summed E-state index contributed by atoms with van der Waals surface area (Å²) in [7, 11) is 9.55. The molecule has 34 heteroatoms. The minimum absolute atomic E-state index is 0. The molecular weight excluding hydrogens is 1460 g/mol. The van der Waals surface area contributed by atoms with Crippen molar-refractivity contribution in [1.29, 1.82) is 1.34 Å². The maximum Gasteiger partial charge on any atom is 0.474 e. The van der Waals surface area contributed by atoms with Crippen molar-refractivity contribution in [1.82, 2.24) is 0 Å². The first-order valence-electron chi connectivity index (χ1n) is 21.6. The van der Waals surface area contributed by atoms with Gasteiger partial charge in [-0.3, -0.25) is 42.3 Å². The van der Waals surface area contributed by atoms with Crippen molar-refractivity contribution in [3.05, 3.63) is 11.7 Å². The summed E-state index contributed by atoms with van der Waals surface area (Å²) in [5.74, 6) is 1.62. The van der Waals surface area contributed by atoms with Crippen LogP contribution in [0.25, 0.3) is 0 Å². The van der Waals surface area contributed by atoms with E-state index in [0.29, 0.717) is 29.8 Å². The van der Waals surface area contributed by atoms with E-state index in [4.69, 9.17) is 64.4 Å². The zero-order chi connectivity index (χ0) is 58.6. The number of ether oxygens (including phenoxy) is 2. The van der Waals surface area contributed by atoms with Gasteiger partial charge in [0.25, 0.3) is 0 Å². The monoisotopic (exact) mass is 1530 g/mol. The number of rotatable bonds is 22. The smallest absolute Gasteiger partial charge is 0.441 e. The number of aliphatic hydroxyl groups excluding tert-OH is 5. The molecule has 9 atom stereocenters. The van der Waals surface area contributed by atoms with Crippen LogP contribution in [0.3, 0.4) is 0 Å². The van der Waals surface area contributed by atoms with Crippen molar-refractivity contribution in [2.75, 3.05) is 80.4 Å². The molecule has 1 unspecified atom stereocenters. The second kappa shape index (κ2) is 53.1. The van der Waals surface area contributed by atoms with Gasteiger partial charge in [-0.2, -0.15) is 0 Å². The Labute approximate surface area is 502 Å². The van der Waals surface area contributed by atoms with Crippen molar-refractivity contribution in [3.8, 4) is 0 Å². The molecule has 2 fully saturated rings. The normalized spacial score (nSPS) is 22.7. The summed E-state index contributed by atoms with van der Waals surface area (Å²) in [6.45, 7) is 20.6. The fourth-order valence-electron chi connectivity index (χ4n) is 4.00. The van der Waals surface area contributed by atoms with Gasteiger partial charge >= 0.3 is 7.82 Å². The van der Waals surface area contributed by atoms with Gasteiger partial charge in [0.05, 0.1) is 46.2 Å². The molecule has 2 saturated heterocycles. The largest absolute Gasteiger partial charge is 0.474 e. The Bertz CT molecular complexity index is 1540. The van der Waals surface area contributed by atoms with E-state index in [0.717, 1.165) is 51.5 Å². The van der Waals surface area contributed by atoms with Gasteiger partial charge in [0.1, 0.15) is 51.3 Å². The van der Waals surface area contributed by atoms with Gasteiger partial charge in [-0.15, -0.1) is 12.6 Å². The van der Waals surface area contributed by atoms with E-state index in [1.54, 1.807) is 6.66 Å². The predicted molar refractivity (Wildman–Crippen MR) is 306 cm³/mol. The molecule has 0 saturated carbocycles. The van der Waals surface area contributed by atoms with Crippen LogP contribution >= 0.6 is 110 Å². The van der Waals surface area contributed by atoms with E-state index in [1.807, 2.05) is 13.8 Å². The maximum absolute atomic E-state index is 12.7. The molecule has 0 aromatic rings. The van der Waals surface area contributed by atoms with Crippen LogP contribution in [0, 0.1) is 31.1 Å². The zero-order valence-electron chi connectivity index (χ0n) is 44.0. The quantitative estimate of drug-likeness (QED) is 0.0147. The number of alkyl halides is 1. The SMILES string of the molecule is C=C(OP(C)OCCSC(C)=O)SC(C)=O.CC.CC(=O)S.CC(=O)SCCO.OCCI.[2H][B].[B][C@@H]1O[C@H](CO)[C@@H](O)[C@@]1(C)O.[B][C@@H]1O[C@H](COP(=O)(OCCSC(C)=O)OCCSC(C)=O)[C@@H](O)[C@@]1(C)O.[U]. The number of phosphoric ester groups is 1. The molecule has 0 spiro atoms. The molecule has 0 aliphatic carbocycles. The number of carbonyl (C=O) groups excluding carboxylic acids is 6. The third-order valence-electron chi connectivity index (χ3n) is 7.18. The van der Waals surface area contributed by atoms with E-state index in [-0.39, 0.29) is 99.7 Å². The Balaban J connectivity index is -0.000000162. The summed E-state index contributed by atoms with van der Waals surface area (Å²) in [5.41, 5.74) is -3.15. The first-order chi connectivity index (χ1) is 33.8. The van der Waals surface area contributed by atoms with Crippen molar-refractivity contribution in [2.45, 2.75) is 117 Å². The first kappa shape index (κ1) is 86.0. The van der Waals surface area contributed by atoms with Gasteiger partial charge in [-0.1, -0.05) is 83.5 Å². The minimum atomic E-state index is -4.04. The Morgan fingerprint density at radius 3 is 1.34 bits per heavy atom. The van der Waals surface area contributed by atoms with Gasteiger partial charge in [-0.25, -0.2) is 4.57 Å². The molecule has 2 rings (SSSR count). The summed E-state index contributed by atoms with van der Waals surface area (Å²) in [5, 5.41) is 63.4. The summed E-state index contributed by atoms with van der Waals surface area (Å²) in [6.07, 6.45) is -4.29. The average molecular weight is 1530 g/mol. The van der Waals surface area contributed by atoms with E-state index < -0.39 is 70.4 Å². The number of halogens is 1. The first-order valence-corrected chi connectivity index (χ1v) is 30.8. The molecule has 2 aliphatic heterocycles. The molecule has 2 heterocycles. The van der Waals surface area contributed by atoms with Crippen LogP contribution in [0.1, 0.15) is 69.2 Å². The Kier molecular flexibility index (Phi) is 62.6. The minimum Gasteiger partial charge on any atom is -0.441 e. The van der Waals surface area contributed by atoms with Crippen molar-refractivity contribution in [2.24, 2.45) is 0 Å². The number of thioether (sulfide) groups is 5. The molecule has 0 aromatic heterocycles. The molecule has 7 N–H and O–H groups in total. The van der Waals surface area contributed by atoms with E-state index >= 15 is 0 Å². The van der Waals surface area contributed by atoms with Crippen molar-refractivity contribution < 1.29 is 132 Å². The fourth-order valence-corrected chi connectivity index (χ4v) is 8.77. The molecule has 73 heavy (non-hydrogen) atoms. The third-order valence-corrected chi connectivity index (χ3v) is 14.0. The van der Waals surface area contributed by atoms with Gasteiger partial charge < -0.3 is 54.3 Å². The Hall–Kier alpha value is 1.78. The van der Waals surface area contributed by atoms with E-state index in [2.05, 4.69) is 50.2 Å². The second-order valence-corrected chi connectivity index (χ2v) is 24.5. The number of hydrogen-bond donors (Lipinski definition) is 8. The maximum atomic E-state index is 12.7. The van der Waals surface area contributed by atoms with Crippen molar-refractivity contribution in [3.63, 3.8) is 0 Å². The van der Waals surface area contributed by atoms with Crippen LogP contribution in [0.15, 0.2) is 11.7 Å². The summed E-state index contributed by atoms with van der Waals surface area (Å²) >= 11 is 10.7. The molecule has 0 bridgehead atoms. The average Bonchev–Trinajstić information content (AvgIpc) is 3.63. The number of aliphatic hydroxyl groups is 7.